The van der Waals surface area contributed by atoms with Crippen LogP contribution in [0.3, 0.4) is 0 Å². The van der Waals surface area contributed by atoms with Crippen LogP contribution in [0.5, 0.6) is 5.88 Å². The van der Waals surface area contributed by atoms with Crippen molar-refractivity contribution in [3.05, 3.63) is 41.7 Å². The number of nitrogens with zero attached hydrogens (tertiary/aromatic N) is 6. The van der Waals surface area contributed by atoms with E-state index in [4.69, 9.17) is 9.72 Å². The quantitative estimate of drug-likeness (QED) is 0.218. The third-order valence-electron chi connectivity index (χ3n) is 10.3. The first-order valence-corrected chi connectivity index (χ1v) is 17.7. The van der Waals surface area contributed by atoms with E-state index < -0.39 is 0 Å². The molecule has 0 spiro atoms. The standard InChI is InChI=1S/C35H54N8O2/c1-2-30-25-39-43-32(22-33(40-35(30)43)42-17-4-3-7-31(42)14-20-44)37-23-29-8-9-34(38-24-29)45-21-5-6-27-12-18-41(19-13-27)26-28-10-15-36-16-11-28/h8-9,22,24-25,27-28,31,36-37,44H,2-7,10-21,23,26H2,1H3/t31-/m0/s1. The Balaban J connectivity index is 0.972. The fourth-order valence-electron chi connectivity index (χ4n) is 7.50. The molecular formula is C35H54N8O2. The van der Waals surface area contributed by atoms with E-state index in [-0.39, 0.29) is 6.61 Å². The molecule has 3 aliphatic rings. The largest absolute Gasteiger partial charge is 0.478 e. The fourth-order valence-corrected chi connectivity index (χ4v) is 7.50. The van der Waals surface area contributed by atoms with Crippen molar-refractivity contribution >= 4 is 17.3 Å². The SMILES string of the molecule is CCc1cnn2c(NCc3ccc(OCCCC4CCN(CC5CCNCC5)CC4)nc3)cc(N3CCCC[C@H]3CCO)nc12. The number of hydrogen-bond donors (Lipinski definition) is 3. The Morgan fingerprint density at radius 3 is 2.64 bits per heavy atom. The van der Waals surface area contributed by atoms with Crippen molar-refractivity contribution in [1.82, 2.24) is 29.8 Å². The summed E-state index contributed by atoms with van der Waals surface area (Å²) >= 11 is 0. The molecule has 45 heavy (non-hydrogen) atoms. The fraction of sp³-hybridized carbons (Fsp3) is 0.686. The molecule has 10 heteroatoms. The van der Waals surface area contributed by atoms with Gasteiger partial charge in [0.1, 0.15) is 11.6 Å². The highest BCUT2D eigenvalue weighted by Crippen LogP contribution is 2.29. The van der Waals surface area contributed by atoms with E-state index in [0.29, 0.717) is 18.5 Å². The summed E-state index contributed by atoms with van der Waals surface area (Å²) in [6.45, 7) is 10.9. The van der Waals surface area contributed by atoms with E-state index in [2.05, 4.69) is 49.6 Å². The molecule has 3 aromatic rings. The number of pyridine rings is 1. The second-order valence-corrected chi connectivity index (χ2v) is 13.4. The van der Waals surface area contributed by atoms with E-state index in [1.807, 2.05) is 23.0 Å². The van der Waals surface area contributed by atoms with Crippen LogP contribution in [-0.4, -0.2) is 88.1 Å². The second-order valence-electron chi connectivity index (χ2n) is 13.4. The van der Waals surface area contributed by atoms with Crippen molar-refractivity contribution in [2.45, 2.75) is 90.1 Å². The number of aliphatic hydroxyl groups is 1. The summed E-state index contributed by atoms with van der Waals surface area (Å²) in [7, 11) is 0. The normalized spacial score (nSPS) is 20.6. The maximum Gasteiger partial charge on any atom is 0.213 e. The molecule has 0 aliphatic carbocycles. The van der Waals surface area contributed by atoms with Gasteiger partial charge >= 0.3 is 0 Å². The summed E-state index contributed by atoms with van der Waals surface area (Å²) in [5, 5.41) is 21.4. The number of nitrogens with one attached hydrogen (secondary N) is 2. The number of aryl methyl sites for hydroxylation is 1. The topological polar surface area (TPSA) is 103 Å². The minimum atomic E-state index is 0.201. The number of ether oxygens (including phenoxy) is 1. The average molecular weight is 619 g/mol. The van der Waals surface area contributed by atoms with Crippen LogP contribution in [0, 0.1) is 11.8 Å². The first-order chi connectivity index (χ1) is 22.2. The van der Waals surface area contributed by atoms with Gasteiger partial charge in [-0.2, -0.15) is 9.61 Å². The molecule has 0 amide bonds. The van der Waals surface area contributed by atoms with Crippen LogP contribution in [0.2, 0.25) is 0 Å². The van der Waals surface area contributed by atoms with E-state index in [9.17, 15) is 5.11 Å². The highest BCUT2D eigenvalue weighted by atomic mass is 16.5. The number of aromatic nitrogens is 4. The minimum absolute atomic E-state index is 0.201. The lowest BCUT2D eigenvalue weighted by atomic mass is 9.90. The number of likely N-dealkylation sites (tertiary alicyclic amines) is 1. The molecule has 0 bridgehead atoms. The predicted octanol–water partition coefficient (Wildman–Crippen LogP) is 4.91. The summed E-state index contributed by atoms with van der Waals surface area (Å²) in [5.74, 6) is 4.30. The highest BCUT2D eigenvalue weighted by Gasteiger charge is 2.25. The van der Waals surface area contributed by atoms with Crippen molar-refractivity contribution < 1.29 is 9.84 Å². The monoisotopic (exact) mass is 618 g/mol. The number of piperidine rings is 3. The van der Waals surface area contributed by atoms with Crippen LogP contribution >= 0.6 is 0 Å². The Hall–Kier alpha value is -2.95. The molecule has 3 aliphatic heterocycles. The Bertz CT molecular complexity index is 1320. The number of aliphatic hydroxyl groups excluding tert-OH is 1. The summed E-state index contributed by atoms with van der Waals surface area (Å²) in [4.78, 5) is 14.7. The zero-order valence-corrected chi connectivity index (χ0v) is 27.3. The van der Waals surface area contributed by atoms with E-state index in [1.54, 1.807) is 0 Å². The first-order valence-electron chi connectivity index (χ1n) is 17.7. The maximum absolute atomic E-state index is 9.66. The van der Waals surface area contributed by atoms with Crippen LogP contribution in [0.15, 0.2) is 30.6 Å². The van der Waals surface area contributed by atoms with E-state index in [0.717, 1.165) is 85.5 Å². The molecule has 1 atom stereocenters. The van der Waals surface area contributed by atoms with Gasteiger partial charge in [-0.05, 0) is 114 Å². The summed E-state index contributed by atoms with van der Waals surface area (Å²) in [6.07, 6.45) is 16.6. The lowest BCUT2D eigenvalue weighted by Gasteiger charge is -2.36. The van der Waals surface area contributed by atoms with Gasteiger partial charge in [-0.3, -0.25) is 0 Å². The van der Waals surface area contributed by atoms with Gasteiger partial charge in [0.05, 0.1) is 12.8 Å². The third kappa shape index (κ3) is 8.45. The van der Waals surface area contributed by atoms with Crippen molar-refractivity contribution in [2.24, 2.45) is 11.8 Å². The van der Waals surface area contributed by atoms with Gasteiger partial charge in [-0.15, -0.1) is 0 Å². The second kappa shape index (κ2) is 16.1. The number of rotatable bonds is 14. The summed E-state index contributed by atoms with van der Waals surface area (Å²) in [6, 6.07) is 6.51. The molecule has 0 aromatic carbocycles. The van der Waals surface area contributed by atoms with Crippen LogP contribution in [0.4, 0.5) is 11.6 Å². The van der Waals surface area contributed by atoms with Crippen LogP contribution in [-0.2, 0) is 13.0 Å². The van der Waals surface area contributed by atoms with Gasteiger partial charge in [0.25, 0.3) is 0 Å². The number of fused-ring (bicyclic) bond motifs is 1. The lowest BCUT2D eigenvalue weighted by molar-refractivity contribution is 0.141. The third-order valence-corrected chi connectivity index (χ3v) is 10.3. The van der Waals surface area contributed by atoms with Crippen molar-refractivity contribution in [3.63, 3.8) is 0 Å². The zero-order chi connectivity index (χ0) is 30.8. The summed E-state index contributed by atoms with van der Waals surface area (Å²) < 4.78 is 7.94. The smallest absolute Gasteiger partial charge is 0.213 e. The molecule has 6 heterocycles. The number of anilines is 2. The first kappa shape index (κ1) is 32.0. The number of hydrogen-bond acceptors (Lipinski definition) is 9. The molecule has 246 valence electrons. The van der Waals surface area contributed by atoms with Crippen molar-refractivity contribution in [3.8, 4) is 5.88 Å². The highest BCUT2D eigenvalue weighted by molar-refractivity contribution is 5.61. The van der Waals surface area contributed by atoms with Gasteiger partial charge in [0.2, 0.25) is 5.88 Å². The molecule has 0 saturated carbocycles. The van der Waals surface area contributed by atoms with Gasteiger partial charge in [0.15, 0.2) is 5.65 Å². The van der Waals surface area contributed by atoms with Crippen LogP contribution in [0.1, 0.15) is 82.3 Å². The molecule has 0 unspecified atom stereocenters. The summed E-state index contributed by atoms with van der Waals surface area (Å²) in [5.41, 5.74) is 3.12. The van der Waals surface area contributed by atoms with Gasteiger partial charge < -0.3 is 30.3 Å². The molecule has 10 nitrogen and oxygen atoms in total. The Kier molecular flexibility index (Phi) is 11.4. The molecule has 3 N–H and O–H groups in total. The van der Waals surface area contributed by atoms with Crippen LogP contribution in [0.25, 0.3) is 5.65 Å². The lowest BCUT2D eigenvalue weighted by Crippen LogP contribution is -2.40. The molecule has 0 radical (unpaired) electrons. The average Bonchev–Trinajstić information content (AvgIpc) is 3.51. The Labute approximate surface area is 269 Å². The minimum Gasteiger partial charge on any atom is -0.478 e. The molecule has 3 fully saturated rings. The molecule has 3 saturated heterocycles. The van der Waals surface area contributed by atoms with Crippen molar-refractivity contribution in [2.75, 3.05) is 62.7 Å². The van der Waals surface area contributed by atoms with E-state index in [1.165, 1.54) is 71.2 Å². The Morgan fingerprint density at radius 1 is 1.00 bits per heavy atom. The Morgan fingerprint density at radius 2 is 1.87 bits per heavy atom. The van der Waals surface area contributed by atoms with Gasteiger partial charge in [-0.1, -0.05) is 13.0 Å². The zero-order valence-electron chi connectivity index (χ0n) is 27.3. The molecular weight excluding hydrogens is 564 g/mol. The van der Waals surface area contributed by atoms with Crippen LogP contribution < -0.4 is 20.3 Å². The van der Waals surface area contributed by atoms with Gasteiger partial charge in [0, 0.05) is 56.2 Å². The van der Waals surface area contributed by atoms with E-state index >= 15 is 0 Å². The molecule has 3 aromatic heterocycles. The predicted molar refractivity (Wildman–Crippen MR) is 180 cm³/mol. The maximum atomic E-state index is 9.66. The molecule has 6 rings (SSSR count). The van der Waals surface area contributed by atoms with Gasteiger partial charge in [-0.25, -0.2) is 9.97 Å². The van der Waals surface area contributed by atoms with Crippen molar-refractivity contribution in [1.29, 1.82) is 0 Å².